The molecular weight excluding hydrogens is 188 g/mol. The Morgan fingerprint density at radius 3 is 2.77 bits per heavy atom. The van der Waals surface area contributed by atoms with Crippen LogP contribution in [0.1, 0.15) is 24.7 Å². The molecule has 2 heterocycles. The Balaban J connectivity index is 2.02. The fourth-order valence-corrected chi connectivity index (χ4v) is 1.84. The van der Waals surface area contributed by atoms with Gasteiger partial charge in [0.25, 0.3) is 0 Å². The number of hydrogen-bond acceptors (Lipinski definition) is 3. The van der Waals surface area contributed by atoms with Gasteiger partial charge in [0.05, 0.1) is 6.20 Å². The van der Waals surface area contributed by atoms with Gasteiger partial charge < -0.3 is 9.32 Å². The Kier molecular flexibility index (Phi) is 2.56. The van der Waals surface area contributed by atoms with Crippen LogP contribution in [0.25, 0.3) is 0 Å². The van der Waals surface area contributed by atoms with E-state index in [1.807, 2.05) is 0 Å². The molecule has 3 nitrogen and oxygen atoms in total. The molecule has 1 aliphatic heterocycles. The van der Waals surface area contributed by atoms with Gasteiger partial charge in [-0.3, -0.25) is 0 Å². The van der Waals surface area contributed by atoms with E-state index in [0.29, 0.717) is 11.1 Å². The van der Waals surface area contributed by atoms with Crippen molar-refractivity contribution >= 4 is 11.6 Å². The minimum atomic E-state index is 0.397. The number of halogens is 1. The Morgan fingerprint density at radius 1 is 1.54 bits per heavy atom. The largest absolute Gasteiger partial charge is 0.429 e. The molecule has 2 rings (SSSR count). The molecule has 1 aliphatic rings. The lowest BCUT2D eigenvalue weighted by molar-refractivity contribution is 0.237. The van der Waals surface area contributed by atoms with Gasteiger partial charge in [0.15, 0.2) is 5.89 Å². The molecule has 0 unspecified atom stereocenters. The maximum Gasteiger partial charge on any atom is 0.213 e. The number of nitrogens with zero attached hydrogens (tertiary/aromatic N) is 2. The molecule has 72 valence electrons. The zero-order valence-corrected chi connectivity index (χ0v) is 8.42. The van der Waals surface area contributed by atoms with E-state index < -0.39 is 0 Å². The van der Waals surface area contributed by atoms with Crippen LogP contribution in [0.15, 0.2) is 10.6 Å². The van der Waals surface area contributed by atoms with E-state index in [9.17, 15) is 0 Å². The summed E-state index contributed by atoms with van der Waals surface area (Å²) in [5.74, 6) is 1.27. The van der Waals surface area contributed by atoms with Gasteiger partial charge in [-0.1, -0.05) is 0 Å². The van der Waals surface area contributed by atoms with Crippen molar-refractivity contribution < 1.29 is 4.42 Å². The summed E-state index contributed by atoms with van der Waals surface area (Å²) in [6.45, 7) is 2.23. The summed E-state index contributed by atoms with van der Waals surface area (Å²) < 4.78 is 5.29. The van der Waals surface area contributed by atoms with Crippen LogP contribution >= 0.6 is 11.6 Å². The zero-order valence-electron chi connectivity index (χ0n) is 7.66. The van der Waals surface area contributed by atoms with Crippen molar-refractivity contribution in [3.63, 3.8) is 0 Å². The molecule has 1 aromatic heterocycles. The smallest absolute Gasteiger partial charge is 0.213 e. The van der Waals surface area contributed by atoms with E-state index >= 15 is 0 Å². The number of rotatable bonds is 1. The van der Waals surface area contributed by atoms with Crippen LogP contribution in [0, 0.1) is 0 Å². The molecule has 13 heavy (non-hydrogen) atoms. The van der Waals surface area contributed by atoms with E-state index in [-0.39, 0.29) is 0 Å². The normalized spacial score (nSPS) is 20.8. The van der Waals surface area contributed by atoms with Crippen molar-refractivity contribution in [1.29, 1.82) is 0 Å². The van der Waals surface area contributed by atoms with Gasteiger partial charge in [0.2, 0.25) is 5.22 Å². The van der Waals surface area contributed by atoms with E-state index in [0.717, 1.165) is 31.8 Å². The highest BCUT2D eigenvalue weighted by Crippen LogP contribution is 2.27. The van der Waals surface area contributed by atoms with Gasteiger partial charge >= 0.3 is 0 Å². The second kappa shape index (κ2) is 3.68. The minimum absolute atomic E-state index is 0.397. The zero-order chi connectivity index (χ0) is 9.26. The van der Waals surface area contributed by atoms with Crippen molar-refractivity contribution in [1.82, 2.24) is 9.88 Å². The Labute approximate surface area is 82.7 Å². The number of aromatic nitrogens is 1. The maximum atomic E-state index is 5.67. The molecule has 0 spiro atoms. The number of piperidine rings is 1. The first-order valence-electron chi connectivity index (χ1n) is 4.55. The molecule has 0 N–H and O–H groups in total. The van der Waals surface area contributed by atoms with Crippen LogP contribution in [0.4, 0.5) is 0 Å². The second-order valence-corrected chi connectivity index (χ2v) is 3.95. The quantitative estimate of drug-likeness (QED) is 0.696. The van der Waals surface area contributed by atoms with Crippen molar-refractivity contribution in [3.8, 4) is 0 Å². The number of oxazole rings is 1. The second-order valence-electron chi connectivity index (χ2n) is 3.58. The Morgan fingerprint density at radius 2 is 2.23 bits per heavy atom. The van der Waals surface area contributed by atoms with Crippen LogP contribution in [0.3, 0.4) is 0 Å². The van der Waals surface area contributed by atoms with Crippen LogP contribution in [-0.4, -0.2) is 30.0 Å². The topological polar surface area (TPSA) is 29.3 Å². The van der Waals surface area contributed by atoms with E-state index in [2.05, 4.69) is 16.9 Å². The summed E-state index contributed by atoms with van der Waals surface area (Å²) in [5, 5.41) is 0.397. The van der Waals surface area contributed by atoms with Gasteiger partial charge in [0, 0.05) is 5.92 Å². The number of hydrogen-bond donors (Lipinski definition) is 0. The molecule has 0 atom stereocenters. The fourth-order valence-electron chi connectivity index (χ4n) is 1.71. The molecule has 0 aliphatic carbocycles. The molecule has 0 saturated carbocycles. The van der Waals surface area contributed by atoms with Crippen LogP contribution in [-0.2, 0) is 0 Å². The summed E-state index contributed by atoms with van der Waals surface area (Å²) in [4.78, 5) is 6.47. The van der Waals surface area contributed by atoms with Gasteiger partial charge in [0.1, 0.15) is 0 Å². The summed E-state index contributed by atoms with van der Waals surface area (Å²) in [5.41, 5.74) is 0. The molecule has 4 heteroatoms. The molecule has 0 bridgehead atoms. The predicted octanol–water partition coefficient (Wildman–Crippen LogP) is 2.14. The first-order valence-corrected chi connectivity index (χ1v) is 4.93. The van der Waals surface area contributed by atoms with Crippen LogP contribution in [0.5, 0.6) is 0 Å². The summed E-state index contributed by atoms with van der Waals surface area (Å²) in [7, 11) is 2.14. The fraction of sp³-hybridized carbons (Fsp3) is 0.667. The number of likely N-dealkylation sites (tertiary alicyclic amines) is 1. The highest BCUT2D eigenvalue weighted by Gasteiger charge is 2.22. The van der Waals surface area contributed by atoms with E-state index in [4.69, 9.17) is 16.0 Å². The van der Waals surface area contributed by atoms with Gasteiger partial charge in [-0.25, -0.2) is 4.98 Å². The third-order valence-corrected chi connectivity index (χ3v) is 2.74. The van der Waals surface area contributed by atoms with Gasteiger partial charge in [-0.2, -0.15) is 0 Å². The monoisotopic (exact) mass is 200 g/mol. The SMILES string of the molecule is CN1CCC(c2ncc(Cl)o2)CC1. The van der Waals surface area contributed by atoms with Crippen LogP contribution in [0.2, 0.25) is 5.22 Å². The average molecular weight is 201 g/mol. The van der Waals surface area contributed by atoms with Crippen molar-refractivity contribution in [2.75, 3.05) is 20.1 Å². The molecule has 1 fully saturated rings. The molecule has 1 saturated heterocycles. The van der Waals surface area contributed by atoms with Crippen molar-refractivity contribution in [3.05, 3.63) is 17.3 Å². The first-order chi connectivity index (χ1) is 6.25. The lowest BCUT2D eigenvalue weighted by Crippen LogP contribution is -2.29. The highest BCUT2D eigenvalue weighted by atomic mass is 35.5. The van der Waals surface area contributed by atoms with Crippen LogP contribution < -0.4 is 0 Å². The first kappa shape index (κ1) is 9.03. The summed E-state index contributed by atoms with van der Waals surface area (Å²) >= 11 is 5.67. The highest BCUT2D eigenvalue weighted by molar-refractivity contribution is 6.28. The summed E-state index contributed by atoms with van der Waals surface area (Å²) in [6, 6.07) is 0. The molecule has 0 amide bonds. The van der Waals surface area contributed by atoms with E-state index in [1.165, 1.54) is 0 Å². The molecule has 0 radical (unpaired) electrons. The van der Waals surface area contributed by atoms with Gasteiger partial charge in [-0.05, 0) is 44.6 Å². The lowest BCUT2D eigenvalue weighted by atomic mass is 9.97. The average Bonchev–Trinajstić information content (AvgIpc) is 2.53. The van der Waals surface area contributed by atoms with Crippen molar-refractivity contribution in [2.45, 2.75) is 18.8 Å². The Bertz CT molecular complexity index is 279. The molecule has 1 aromatic rings. The molecular formula is C9H13ClN2O. The van der Waals surface area contributed by atoms with E-state index in [1.54, 1.807) is 6.20 Å². The maximum absolute atomic E-state index is 5.67. The molecule has 0 aromatic carbocycles. The Hall–Kier alpha value is -0.540. The third kappa shape index (κ3) is 2.03. The third-order valence-electron chi connectivity index (χ3n) is 2.56. The predicted molar refractivity (Wildman–Crippen MR) is 51.0 cm³/mol. The lowest BCUT2D eigenvalue weighted by Gasteiger charge is -2.26. The minimum Gasteiger partial charge on any atom is -0.429 e. The van der Waals surface area contributed by atoms with Crippen molar-refractivity contribution in [2.24, 2.45) is 0 Å². The standard InChI is InChI=1S/C9H13ClN2O/c1-12-4-2-7(3-5-12)9-11-6-8(10)13-9/h6-7H,2-5H2,1H3. The van der Waals surface area contributed by atoms with Gasteiger partial charge in [-0.15, -0.1) is 0 Å². The summed E-state index contributed by atoms with van der Waals surface area (Å²) in [6.07, 6.45) is 3.82.